The molecular weight excluding hydrogens is 232 g/mol. The van der Waals surface area contributed by atoms with Crippen molar-refractivity contribution in [3.05, 3.63) is 0 Å². The van der Waals surface area contributed by atoms with Crippen LogP contribution in [0, 0.1) is 0 Å². The lowest BCUT2D eigenvalue weighted by Gasteiger charge is -2.16. The molecule has 4 nitrogen and oxygen atoms in total. The van der Waals surface area contributed by atoms with Crippen LogP contribution in [-0.2, 0) is 19.0 Å². The molecule has 0 N–H and O–H groups in total. The Labute approximate surface area is 110 Å². The molecule has 2 atom stereocenters. The molecule has 0 amide bonds. The molecule has 1 rings (SSSR count). The maximum atomic E-state index is 11.6. The fourth-order valence-corrected chi connectivity index (χ4v) is 2.31. The number of hydrogen-bond acceptors (Lipinski definition) is 4. The first-order chi connectivity index (χ1) is 8.50. The van der Waals surface area contributed by atoms with E-state index in [0.29, 0.717) is 0 Å². The van der Waals surface area contributed by atoms with Crippen molar-refractivity contribution in [2.45, 2.75) is 77.3 Å². The van der Waals surface area contributed by atoms with Crippen molar-refractivity contribution in [2.24, 2.45) is 0 Å². The van der Waals surface area contributed by atoms with E-state index in [0.717, 1.165) is 12.8 Å². The smallest absolute Gasteiger partial charge is 0.337 e. The van der Waals surface area contributed by atoms with Crippen LogP contribution in [0.5, 0.6) is 0 Å². The molecule has 0 spiro atoms. The second-order valence-corrected chi connectivity index (χ2v) is 5.32. The number of esters is 1. The highest BCUT2D eigenvalue weighted by Crippen LogP contribution is 2.31. The zero-order valence-electron chi connectivity index (χ0n) is 12.0. The Kier molecular flexibility index (Phi) is 6.09. The Morgan fingerprint density at radius 1 is 1.17 bits per heavy atom. The van der Waals surface area contributed by atoms with E-state index >= 15 is 0 Å². The number of carbonyl (C=O) groups excluding carboxylic acids is 1. The van der Waals surface area contributed by atoms with E-state index < -0.39 is 11.9 Å². The number of ether oxygens (including phenoxy) is 3. The van der Waals surface area contributed by atoms with E-state index in [4.69, 9.17) is 14.2 Å². The highest BCUT2D eigenvalue weighted by atomic mass is 16.8. The molecule has 1 saturated heterocycles. The first kappa shape index (κ1) is 15.4. The predicted octanol–water partition coefficient (Wildman–Crippen LogP) is 3.04. The standard InChI is InChI=1S/C14H26O4/c1-5-6-7-8-9-10-11-12(13(15)16-4)18-14(2,3)17-11/h11-12H,5-10H2,1-4H3/t11-,12?/m0/s1. The van der Waals surface area contributed by atoms with Gasteiger partial charge in [0.2, 0.25) is 0 Å². The molecule has 1 heterocycles. The third-order valence-corrected chi connectivity index (χ3v) is 3.21. The van der Waals surface area contributed by atoms with Gasteiger partial charge in [-0.05, 0) is 20.3 Å². The van der Waals surface area contributed by atoms with Gasteiger partial charge in [-0.15, -0.1) is 0 Å². The summed E-state index contributed by atoms with van der Waals surface area (Å²) < 4.78 is 16.1. The molecule has 18 heavy (non-hydrogen) atoms. The van der Waals surface area contributed by atoms with Crippen molar-refractivity contribution < 1.29 is 19.0 Å². The van der Waals surface area contributed by atoms with Gasteiger partial charge in [-0.1, -0.05) is 39.0 Å². The van der Waals surface area contributed by atoms with Gasteiger partial charge in [0.1, 0.15) is 0 Å². The first-order valence-corrected chi connectivity index (χ1v) is 6.93. The average Bonchev–Trinajstić information content (AvgIpc) is 2.63. The summed E-state index contributed by atoms with van der Waals surface area (Å²) in [4.78, 5) is 11.6. The molecule has 1 unspecified atom stereocenters. The summed E-state index contributed by atoms with van der Waals surface area (Å²) in [6.07, 6.45) is 6.11. The fourth-order valence-electron chi connectivity index (χ4n) is 2.31. The van der Waals surface area contributed by atoms with Gasteiger partial charge in [0.25, 0.3) is 0 Å². The lowest BCUT2D eigenvalue weighted by molar-refractivity contribution is -0.168. The quantitative estimate of drug-likeness (QED) is 0.520. The third-order valence-electron chi connectivity index (χ3n) is 3.21. The van der Waals surface area contributed by atoms with Gasteiger partial charge in [0.15, 0.2) is 11.9 Å². The molecule has 1 aliphatic rings. The molecular formula is C14H26O4. The van der Waals surface area contributed by atoms with Crippen LogP contribution in [-0.4, -0.2) is 31.1 Å². The lowest BCUT2D eigenvalue weighted by atomic mass is 10.0. The molecule has 0 aliphatic carbocycles. The Morgan fingerprint density at radius 3 is 2.44 bits per heavy atom. The van der Waals surface area contributed by atoms with Crippen molar-refractivity contribution in [2.75, 3.05) is 7.11 Å². The SMILES string of the molecule is CCCCCCC[C@@H]1OC(C)(C)OC1C(=O)OC. The minimum absolute atomic E-state index is 0.172. The zero-order chi connectivity index (χ0) is 13.6. The molecule has 0 aromatic carbocycles. The summed E-state index contributed by atoms with van der Waals surface area (Å²) in [5.74, 6) is -1.02. The monoisotopic (exact) mass is 258 g/mol. The average molecular weight is 258 g/mol. The second kappa shape index (κ2) is 7.10. The van der Waals surface area contributed by atoms with Crippen LogP contribution in [0.3, 0.4) is 0 Å². The van der Waals surface area contributed by atoms with Gasteiger partial charge >= 0.3 is 5.97 Å². The summed E-state index contributed by atoms with van der Waals surface area (Å²) in [7, 11) is 1.38. The molecule has 106 valence electrons. The van der Waals surface area contributed by atoms with Gasteiger partial charge in [-0.25, -0.2) is 4.79 Å². The van der Waals surface area contributed by atoms with Crippen LogP contribution >= 0.6 is 0 Å². The Balaban J connectivity index is 2.39. The van der Waals surface area contributed by atoms with Crippen LogP contribution in [0.1, 0.15) is 59.3 Å². The minimum Gasteiger partial charge on any atom is -0.467 e. The minimum atomic E-state index is -0.688. The predicted molar refractivity (Wildman–Crippen MR) is 69.2 cm³/mol. The number of methoxy groups -OCH3 is 1. The number of carbonyl (C=O) groups is 1. The van der Waals surface area contributed by atoms with E-state index in [2.05, 4.69) is 6.92 Å². The van der Waals surface area contributed by atoms with Gasteiger partial charge < -0.3 is 14.2 Å². The van der Waals surface area contributed by atoms with Gasteiger partial charge in [0.05, 0.1) is 13.2 Å². The van der Waals surface area contributed by atoms with E-state index in [-0.39, 0.29) is 12.1 Å². The van der Waals surface area contributed by atoms with Crippen molar-refractivity contribution in [3.63, 3.8) is 0 Å². The van der Waals surface area contributed by atoms with Gasteiger partial charge in [0, 0.05) is 0 Å². The summed E-state index contributed by atoms with van der Waals surface area (Å²) >= 11 is 0. The molecule has 1 aliphatic heterocycles. The van der Waals surface area contributed by atoms with E-state index in [9.17, 15) is 4.79 Å². The van der Waals surface area contributed by atoms with Crippen molar-refractivity contribution >= 4 is 5.97 Å². The summed E-state index contributed by atoms with van der Waals surface area (Å²) in [5.41, 5.74) is 0. The molecule has 0 saturated carbocycles. The molecule has 1 fully saturated rings. The Hall–Kier alpha value is -0.610. The fraction of sp³-hybridized carbons (Fsp3) is 0.929. The molecule has 0 aromatic heterocycles. The van der Waals surface area contributed by atoms with E-state index in [1.54, 1.807) is 0 Å². The highest BCUT2D eigenvalue weighted by Gasteiger charge is 2.45. The van der Waals surface area contributed by atoms with Crippen LogP contribution < -0.4 is 0 Å². The van der Waals surface area contributed by atoms with Crippen molar-refractivity contribution in [1.29, 1.82) is 0 Å². The molecule has 0 radical (unpaired) electrons. The number of rotatable bonds is 7. The summed E-state index contributed by atoms with van der Waals surface area (Å²) in [6, 6.07) is 0. The van der Waals surface area contributed by atoms with Crippen LogP contribution in [0.25, 0.3) is 0 Å². The Bertz CT molecular complexity index is 263. The molecule has 0 aromatic rings. The van der Waals surface area contributed by atoms with Crippen LogP contribution in [0.15, 0.2) is 0 Å². The number of hydrogen-bond donors (Lipinski definition) is 0. The normalized spacial score (nSPS) is 26.2. The van der Waals surface area contributed by atoms with Crippen molar-refractivity contribution in [3.8, 4) is 0 Å². The topological polar surface area (TPSA) is 44.8 Å². The lowest BCUT2D eigenvalue weighted by Crippen LogP contribution is -2.32. The molecule has 0 bridgehead atoms. The van der Waals surface area contributed by atoms with Gasteiger partial charge in [-0.2, -0.15) is 0 Å². The highest BCUT2D eigenvalue weighted by molar-refractivity contribution is 5.75. The van der Waals surface area contributed by atoms with Crippen molar-refractivity contribution in [1.82, 2.24) is 0 Å². The van der Waals surface area contributed by atoms with Crippen LogP contribution in [0.4, 0.5) is 0 Å². The number of unbranched alkanes of at least 4 members (excludes halogenated alkanes) is 4. The zero-order valence-corrected chi connectivity index (χ0v) is 12.0. The van der Waals surface area contributed by atoms with Crippen LogP contribution in [0.2, 0.25) is 0 Å². The van der Waals surface area contributed by atoms with E-state index in [1.165, 1.54) is 32.8 Å². The largest absolute Gasteiger partial charge is 0.467 e. The second-order valence-electron chi connectivity index (χ2n) is 5.32. The van der Waals surface area contributed by atoms with Gasteiger partial charge in [-0.3, -0.25) is 0 Å². The summed E-state index contributed by atoms with van der Waals surface area (Å²) in [6.45, 7) is 5.86. The maximum Gasteiger partial charge on any atom is 0.337 e. The molecule has 4 heteroatoms. The maximum absolute atomic E-state index is 11.6. The third kappa shape index (κ3) is 4.58. The Morgan fingerprint density at radius 2 is 1.83 bits per heavy atom. The first-order valence-electron chi connectivity index (χ1n) is 6.93. The van der Waals surface area contributed by atoms with E-state index in [1.807, 2.05) is 13.8 Å². The summed E-state index contributed by atoms with van der Waals surface area (Å²) in [5, 5.41) is 0.